The first-order valence-electron chi connectivity index (χ1n) is 7.75. The van der Waals surface area contributed by atoms with E-state index in [-0.39, 0.29) is 0 Å². The van der Waals surface area contributed by atoms with Crippen molar-refractivity contribution in [3.8, 4) is 0 Å². The second-order valence-electron chi connectivity index (χ2n) is 5.75. The van der Waals surface area contributed by atoms with Crippen LogP contribution in [0, 0.1) is 6.92 Å². The summed E-state index contributed by atoms with van der Waals surface area (Å²) in [5, 5.41) is 0. The molecular formula is C15H27N2P. The first kappa shape index (κ1) is 14.1. The highest BCUT2D eigenvalue weighted by Crippen LogP contribution is 2.30. The standard InChI is InChI=1S/C15H27N2P/c1-13-15(17-18-16-13)14-11-9-7-5-3-2-4-6-8-10-12-14/h14,18H,2-12H2,1H3. The molecule has 18 heavy (non-hydrogen) atoms. The van der Waals surface area contributed by atoms with E-state index in [2.05, 4.69) is 16.4 Å². The second kappa shape index (κ2) is 7.94. The van der Waals surface area contributed by atoms with Crippen LogP contribution in [0.5, 0.6) is 0 Å². The van der Waals surface area contributed by atoms with Crippen LogP contribution in [0.4, 0.5) is 0 Å². The maximum absolute atomic E-state index is 4.65. The van der Waals surface area contributed by atoms with Gasteiger partial charge in [0.2, 0.25) is 0 Å². The van der Waals surface area contributed by atoms with Gasteiger partial charge < -0.3 is 0 Å². The molecule has 0 N–H and O–H groups in total. The van der Waals surface area contributed by atoms with Crippen LogP contribution in [0.25, 0.3) is 0 Å². The van der Waals surface area contributed by atoms with Gasteiger partial charge in [0.05, 0.1) is 19.9 Å². The Hall–Kier alpha value is -0.360. The van der Waals surface area contributed by atoms with Crippen molar-refractivity contribution in [3.05, 3.63) is 11.4 Å². The van der Waals surface area contributed by atoms with E-state index in [0.717, 1.165) is 0 Å². The van der Waals surface area contributed by atoms with Gasteiger partial charge in [0.1, 0.15) is 0 Å². The number of hydrogen-bond acceptors (Lipinski definition) is 2. The highest BCUT2D eigenvalue weighted by molar-refractivity contribution is 7.20. The molecule has 2 rings (SSSR count). The Kier molecular flexibility index (Phi) is 6.20. The van der Waals surface area contributed by atoms with Crippen molar-refractivity contribution in [3.63, 3.8) is 0 Å². The molecule has 1 fully saturated rings. The van der Waals surface area contributed by atoms with Gasteiger partial charge in [-0.05, 0) is 19.8 Å². The van der Waals surface area contributed by atoms with Crippen molar-refractivity contribution in [2.24, 2.45) is 0 Å². The molecule has 1 aliphatic carbocycles. The molecule has 0 aromatic carbocycles. The lowest BCUT2D eigenvalue weighted by Gasteiger charge is -2.16. The van der Waals surface area contributed by atoms with Gasteiger partial charge in [-0.3, -0.25) is 0 Å². The summed E-state index contributed by atoms with van der Waals surface area (Å²) >= 11 is 0. The molecule has 0 bridgehead atoms. The summed E-state index contributed by atoms with van der Waals surface area (Å²) < 4.78 is 9.11. The second-order valence-corrected chi connectivity index (χ2v) is 6.40. The number of nitrogens with zero attached hydrogens (tertiary/aromatic N) is 2. The quantitative estimate of drug-likeness (QED) is 0.697. The summed E-state index contributed by atoms with van der Waals surface area (Å²) in [6, 6.07) is 0. The summed E-state index contributed by atoms with van der Waals surface area (Å²) in [6.07, 6.45) is 15.5. The molecule has 1 aliphatic rings. The van der Waals surface area contributed by atoms with Gasteiger partial charge >= 0.3 is 0 Å². The van der Waals surface area contributed by atoms with Gasteiger partial charge in [0.25, 0.3) is 0 Å². The molecule has 0 saturated heterocycles. The monoisotopic (exact) mass is 266 g/mol. The maximum atomic E-state index is 4.65. The SMILES string of the molecule is Cc1n[pH]nc1C1CCCCCCCCCCC1. The van der Waals surface area contributed by atoms with Gasteiger partial charge in [-0.1, -0.05) is 57.8 Å². The predicted octanol–water partition coefficient (Wildman–Crippen LogP) is 5.20. The number of aryl methyl sites for hydroxylation is 1. The van der Waals surface area contributed by atoms with Crippen LogP contribution in [0.2, 0.25) is 0 Å². The largest absolute Gasteiger partial charge is 0.225 e. The summed E-state index contributed by atoms with van der Waals surface area (Å²) in [5.41, 5.74) is 2.58. The predicted molar refractivity (Wildman–Crippen MR) is 79.8 cm³/mol. The van der Waals surface area contributed by atoms with Crippen LogP contribution < -0.4 is 0 Å². The normalized spacial score (nSPS) is 21.6. The van der Waals surface area contributed by atoms with Crippen LogP contribution in [0.15, 0.2) is 0 Å². The van der Waals surface area contributed by atoms with Gasteiger partial charge in [0, 0.05) is 5.92 Å². The average molecular weight is 266 g/mol. The van der Waals surface area contributed by atoms with Crippen LogP contribution in [0.3, 0.4) is 0 Å². The molecule has 0 aliphatic heterocycles. The van der Waals surface area contributed by atoms with E-state index in [4.69, 9.17) is 0 Å². The van der Waals surface area contributed by atoms with Crippen LogP contribution >= 0.6 is 8.51 Å². The molecule has 1 heterocycles. The van der Waals surface area contributed by atoms with E-state index >= 15 is 0 Å². The van der Waals surface area contributed by atoms with E-state index in [1.54, 1.807) is 0 Å². The highest BCUT2D eigenvalue weighted by Gasteiger charge is 2.16. The minimum Gasteiger partial charge on any atom is -0.225 e. The van der Waals surface area contributed by atoms with Crippen LogP contribution in [0.1, 0.15) is 87.9 Å². The number of rotatable bonds is 1. The highest BCUT2D eigenvalue weighted by atomic mass is 31.1. The first-order chi connectivity index (χ1) is 8.88. The van der Waals surface area contributed by atoms with Crippen molar-refractivity contribution in [2.75, 3.05) is 0 Å². The van der Waals surface area contributed by atoms with Gasteiger partial charge in [0.15, 0.2) is 0 Å². The summed E-state index contributed by atoms with van der Waals surface area (Å²) in [6.45, 7) is 2.15. The Morgan fingerprint density at radius 2 is 1.28 bits per heavy atom. The topological polar surface area (TPSA) is 25.8 Å². The van der Waals surface area contributed by atoms with E-state index < -0.39 is 0 Å². The van der Waals surface area contributed by atoms with Crippen molar-refractivity contribution in [1.29, 1.82) is 0 Å². The molecule has 0 amide bonds. The van der Waals surface area contributed by atoms with E-state index in [1.165, 1.54) is 82.0 Å². The first-order valence-corrected chi connectivity index (χ1v) is 8.64. The third-order valence-electron chi connectivity index (χ3n) is 4.25. The Morgan fingerprint density at radius 3 is 1.72 bits per heavy atom. The lowest BCUT2D eigenvalue weighted by Crippen LogP contribution is -2.02. The van der Waals surface area contributed by atoms with Gasteiger partial charge in [-0.25, -0.2) is 9.49 Å². The Labute approximate surface area is 113 Å². The third-order valence-corrected chi connectivity index (χ3v) is 5.03. The van der Waals surface area contributed by atoms with Crippen molar-refractivity contribution >= 4 is 8.51 Å². The van der Waals surface area contributed by atoms with E-state index in [0.29, 0.717) is 14.4 Å². The molecule has 1 saturated carbocycles. The van der Waals surface area contributed by atoms with Crippen molar-refractivity contribution < 1.29 is 0 Å². The molecule has 1 atom stereocenters. The minimum atomic E-state index is 0.460. The summed E-state index contributed by atoms with van der Waals surface area (Å²) in [5.74, 6) is 0.711. The number of hydrogen-bond donors (Lipinski definition) is 0. The Morgan fingerprint density at radius 1 is 0.778 bits per heavy atom. The molecule has 1 aromatic heterocycles. The average Bonchev–Trinajstić information content (AvgIpc) is 2.76. The zero-order valence-electron chi connectivity index (χ0n) is 11.7. The van der Waals surface area contributed by atoms with Crippen LogP contribution in [-0.2, 0) is 0 Å². The van der Waals surface area contributed by atoms with Gasteiger partial charge in [-0.2, -0.15) is 0 Å². The Balaban J connectivity index is 1.91. The van der Waals surface area contributed by atoms with Gasteiger partial charge in [-0.15, -0.1) is 0 Å². The Bertz CT molecular complexity index is 323. The molecule has 0 radical (unpaired) electrons. The van der Waals surface area contributed by atoms with E-state index in [1.807, 2.05) is 0 Å². The maximum Gasteiger partial charge on any atom is 0.0706 e. The lowest BCUT2D eigenvalue weighted by molar-refractivity contribution is 0.462. The molecule has 0 spiro atoms. The third kappa shape index (κ3) is 4.39. The minimum absolute atomic E-state index is 0.460. The summed E-state index contributed by atoms with van der Waals surface area (Å²) in [4.78, 5) is 0. The van der Waals surface area contributed by atoms with Crippen LogP contribution in [-0.4, -0.2) is 9.49 Å². The van der Waals surface area contributed by atoms with Crippen molar-refractivity contribution in [2.45, 2.75) is 83.5 Å². The fraction of sp³-hybridized carbons (Fsp3) is 0.867. The zero-order valence-corrected chi connectivity index (χ0v) is 12.7. The molecular weight excluding hydrogens is 239 g/mol. The molecule has 102 valence electrons. The smallest absolute Gasteiger partial charge is 0.0706 e. The zero-order chi connectivity index (χ0) is 12.6. The van der Waals surface area contributed by atoms with E-state index in [9.17, 15) is 0 Å². The lowest BCUT2D eigenvalue weighted by atomic mass is 9.90. The fourth-order valence-electron chi connectivity index (χ4n) is 3.12. The molecule has 3 heteroatoms. The molecule has 2 nitrogen and oxygen atoms in total. The number of aromatic nitrogens is 2. The van der Waals surface area contributed by atoms with Crippen molar-refractivity contribution in [1.82, 2.24) is 9.49 Å². The molecule has 1 aromatic rings. The summed E-state index contributed by atoms with van der Waals surface area (Å²) in [7, 11) is 0.460. The molecule has 1 unspecified atom stereocenters. The fourth-order valence-corrected chi connectivity index (χ4v) is 3.88.